The number of nitrogens with zero attached hydrogens (tertiary/aromatic N) is 2. The molecule has 2 heterocycles. The van der Waals surface area contributed by atoms with E-state index in [1.165, 1.54) is 11.8 Å². The summed E-state index contributed by atoms with van der Waals surface area (Å²) in [5, 5.41) is 11.7. The minimum absolute atomic E-state index is 0.128. The molecule has 0 saturated heterocycles. The number of thioether (sulfide) groups is 1. The molecule has 36 heavy (non-hydrogen) atoms. The van der Waals surface area contributed by atoms with Crippen LogP contribution < -0.4 is 14.2 Å². The number of para-hydroxylation sites is 2. The highest BCUT2D eigenvalue weighted by Gasteiger charge is 2.24. The third-order valence-electron chi connectivity index (χ3n) is 5.87. The van der Waals surface area contributed by atoms with Crippen LogP contribution in [-0.4, -0.2) is 47.4 Å². The maximum absolute atomic E-state index is 12.7. The largest absolute Gasteiger partial charge is 0.497 e. The van der Waals surface area contributed by atoms with Crippen molar-refractivity contribution in [2.24, 2.45) is 0 Å². The molecular weight excluding hydrogens is 478 g/mol. The van der Waals surface area contributed by atoms with E-state index in [9.17, 15) is 9.90 Å². The smallest absolute Gasteiger partial charge is 0.338 e. The second-order valence-electron chi connectivity index (χ2n) is 7.91. The molecule has 3 aromatic carbocycles. The molecule has 0 amide bonds. The summed E-state index contributed by atoms with van der Waals surface area (Å²) >= 11 is 1.40. The molecule has 0 aliphatic carbocycles. The molecule has 9 heteroatoms. The van der Waals surface area contributed by atoms with Gasteiger partial charge in [0.15, 0.2) is 16.7 Å². The van der Waals surface area contributed by atoms with Crippen LogP contribution in [-0.2, 0) is 5.75 Å². The van der Waals surface area contributed by atoms with Gasteiger partial charge in [0.05, 0.1) is 49.1 Å². The second-order valence-corrected chi connectivity index (χ2v) is 8.88. The predicted molar refractivity (Wildman–Crippen MR) is 139 cm³/mol. The molecule has 0 bridgehead atoms. The van der Waals surface area contributed by atoms with Gasteiger partial charge >= 0.3 is 5.97 Å². The zero-order chi connectivity index (χ0) is 25.2. The molecule has 2 N–H and O–H groups in total. The van der Waals surface area contributed by atoms with E-state index in [0.717, 1.165) is 16.6 Å². The Hall–Kier alpha value is -4.24. The number of hydrogen-bond acceptors (Lipinski definition) is 7. The number of nitrogens with one attached hydrogen (secondary N) is 1. The molecule has 5 rings (SSSR count). The summed E-state index contributed by atoms with van der Waals surface area (Å²) in [5.41, 5.74) is 4.20. The summed E-state index contributed by atoms with van der Waals surface area (Å²) in [6, 6.07) is 18.6. The number of imidazole rings is 1. The van der Waals surface area contributed by atoms with Gasteiger partial charge in [0.2, 0.25) is 0 Å². The van der Waals surface area contributed by atoms with Crippen LogP contribution in [0.3, 0.4) is 0 Å². The van der Waals surface area contributed by atoms with Gasteiger partial charge < -0.3 is 24.3 Å². The van der Waals surface area contributed by atoms with Crippen molar-refractivity contribution in [2.75, 3.05) is 21.3 Å². The zero-order valence-electron chi connectivity index (χ0n) is 19.9. The van der Waals surface area contributed by atoms with E-state index in [0.29, 0.717) is 50.3 Å². The van der Waals surface area contributed by atoms with E-state index >= 15 is 0 Å². The average Bonchev–Trinajstić information content (AvgIpc) is 3.33. The molecule has 0 saturated carbocycles. The van der Waals surface area contributed by atoms with Gasteiger partial charge in [0.25, 0.3) is 0 Å². The first kappa shape index (κ1) is 23.5. The topological polar surface area (TPSA) is 107 Å². The zero-order valence-corrected chi connectivity index (χ0v) is 20.7. The lowest BCUT2D eigenvalue weighted by molar-refractivity contribution is 0.0696. The van der Waals surface area contributed by atoms with Crippen LogP contribution in [0.25, 0.3) is 33.1 Å². The fourth-order valence-electron chi connectivity index (χ4n) is 4.17. The molecule has 0 radical (unpaired) electrons. The van der Waals surface area contributed by atoms with Crippen LogP contribution in [0.15, 0.2) is 65.8 Å². The monoisotopic (exact) mass is 501 g/mol. The van der Waals surface area contributed by atoms with Gasteiger partial charge in [0, 0.05) is 22.8 Å². The Kier molecular flexibility index (Phi) is 6.39. The number of fused-ring (bicyclic) bond motifs is 2. The van der Waals surface area contributed by atoms with Crippen LogP contribution in [0.5, 0.6) is 17.2 Å². The Morgan fingerprint density at radius 3 is 2.31 bits per heavy atom. The van der Waals surface area contributed by atoms with Crippen molar-refractivity contribution in [1.29, 1.82) is 0 Å². The third kappa shape index (κ3) is 4.29. The van der Waals surface area contributed by atoms with Gasteiger partial charge in [-0.15, -0.1) is 0 Å². The number of carbonyl (C=O) groups is 1. The number of aromatic carboxylic acids is 1. The number of benzene rings is 3. The summed E-state index contributed by atoms with van der Waals surface area (Å²) in [5.74, 6) is 0.910. The standard InChI is InChI=1S/C27H23N3O5S/c1-33-16-10-8-15(9-11-16)24-17-12-22(34-2)23(35-3)13-20(17)28-21(25(24)26(31)32)14-36-27-29-18-6-4-5-7-19(18)30-27/h4-13H,14H2,1-3H3,(H,29,30)(H,31,32). The van der Waals surface area contributed by atoms with Crippen molar-refractivity contribution >= 4 is 39.7 Å². The molecule has 0 spiro atoms. The molecule has 5 aromatic rings. The van der Waals surface area contributed by atoms with Crippen LogP contribution in [0, 0.1) is 0 Å². The first-order valence-electron chi connectivity index (χ1n) is 11.1. The number of pyridine rings is 1. The van der Waals surface area contributed by atoms with Crippen LogP contribution in [0.4, 0.5) is 0 Å². The molecule has 0 atom stereocenters. The Morgan fingerprint density at radius 2 is 1.64 bits per heavy atom. The van der Waals surface area contributed by atoms with Crippen molar-refractivity contribution < 1.29 is 24.1 Å². The fraction of sp³-hybridized carbons (Fsp3) is 0.148. The van der Waals surface area contributed by atoms with Crippen LogP contribution in [0.2, 0.25) is 0 Å². The lowest BCUT2D eigenvalue weighted by atomic mass is 9.94. The highest BCUT2D eigenvalue weighted by molar-refractivity contribution is 7.98. The number of carboxylic acids is 1. The van der Waals surface area contributed by atoms with E-state index < -0.39 is 5.97 Å². The van der Waals surface area contributed by atoms with Gasteiger partial charge in [-0.3, -0.25) is 4.98 Å². The Bertz CT molecular complexity index is 1550. The molecule has 0 unspecified atom stereocenters. The van der Waals surface area contributed by atoms with Crippen LogP contribution in [0.1, 0.15) is 16.1 Å². The maximum Gasteiger partial charge on any atom is 0.338 e. The van der Waals surface area contributed by atoms with E-state index in [1.807, 2.05) is 36.4 Å². The second kappa shape index (κ2) is 9.79. The highest BCUT2D eigenvalue weighted by Crippen LogP contribution is 2.40. The van der Waals surface area contributed by atoms with Crippen LogP contribution >= 0.6 is 11.8 Å². The van der Waals surface area contributed by atoms with Crippen molar-refractivity contribution in [3.05, 3.63) is 71.9 Å². The summed E-state index contributed by atoms with van der Waals surface area (Å²) in [4.78, 5) is 25.3. The quantitative estimate of drug-likeness (QED) is 0.257. The minimum atomic E-state index is -1.06. The van der Waals surface area contributed by atoms with Gasteiger partial charge in [-0.25, -0.2) is 9.78 Å². The molecular formula is C27H23N3O5S. The molecule has 0 aliphatic heterocycles. The summed E-state index contributed by atoms with van der Waals surface area (Å²) < 4.78 is 16.3. The SMILES string of the molecule is COc1ccc(-c2c(C(=O)O)c(CSc3nc4ccccc4[nH]3)nc3cc(OC)c(OC)cc23)cc1. The molecule has 182 valence electrons. The average molecular weight is 502 g/mol. The maximum atomic E-state index is 12.7. The number of methoxy groups -OCH3 is 3. The number of aromatic nitrogens is 3. The van der Waals surface area contributed by atoms with Crippen molar-refractivity contribution in [2.45, 2.75) is 10.9 Å². The Balaban J connectivity index is 1.70. The first-order chi connectivity index (χ1) is 17.5. The molecule has 0 aliphatic rings. The summed E-state index contributed by atoms with van der Waals surface area (Å²) in [6.07, 6.45) is 0. The van der Waals surface area contributed by atoms with Gasteiger partial charge in [-0.2, -0.15) is 0 Å². The van der Waals surface area contributed by atoms with Gasteiger partial charge in [-0.05, 0) is 35.9 Å². The van der Waals surface area contributed by atoms with Gasteiger partial charge in [-0.1, -0.05) is 36.0 Å². The Labute approximate surface area is 211 Å². The normalized spacial score (nSPS) is 11.1. The fourth-order valence-corrected chi connectivity index (χ4v) is 5.00. The van der Waals surface area contributed by atoms with Crippen molar-refractivity contribution in [3.8, 4) is 28.4 Å². The van der Waals surface area contributed by atoms with E-state index in [1.54, 1.807) is 45.6 Å². The highest BCUT2D eigenvalue weighted by atomic mass is 32.2. The van der Waals surface area contributed by atoms with Crippen molar-refractivity contribution in [1.82, 2.24) is 15.0 Å². The minimum Gasteiger partial charge on any atom is -0.497 e. The summed E-state index contributed by atoms with van der Waals surface area (Å²) in [7, 11) is 4.68. The van der Waals surface area contributed by atoms with E-state index in [2.05, 4.69) is 9.97 Å². The third-order valence-corrected chi connectivity index (χ3v) is 6.76. The number of ether oxygens (including phenoxy) is 3. The number of hydrogen-bond donors (Lipinski definition) is 2. The number of aromatic amines is 1. The number of rotatable bonds is 8. The van der Waals surface area contributed by atoms with E-state index in [4.69, 9.17) is 19.2 Å². The lowest BCUT2D eigenvalue weighted by Crippen LogP contribution is -2.08. The van der Waals surface area contributed by atoms with Gasteiger partial charge in [0.1, 0.15) is 5.75 Å². The first-order valence-corrected chi connectivity index (χ1v) is 12.0. The summed E-state index contributed by atoms with van der Waals surface area (Å²) in [6.45, 7) is 0. The van der Waals surface area contributed by atoms with Crippen molar-refractivity contribution in [3.63, 3.8) is 0 Å². The predicted octanol–water partition coefficient (Wildman–Crippen LogP) is 5.79. The lowest BCUT2D eigenvalue weighted by Gasteiger charge is -2.17. The van der Waals surface area contributed by atoms with E-state index in [-0.39, 0.29) is 5.56 Å². The molecule has 0 fully saturated rings. The number of H-pyrrole nitrogens is 1. The molecule has 2 aromatic heterocycles. The molecule has 8 nitrogen and oxygen atoms in total. The Morgan fingerprint density at radius 1 is 0.917 bits per heavy atom. The number of carboxylic acid groups (broad SMARTS) is 1.